The predicted molar refractivity (Wildman–Crippen MR) is 96.4 cm³/mol. The Bertz CT molecular complexity index is 763. The fourth-order valence-electron chi connectivity index (χ4n) is 2.72. The van der Waals surface area contributed by atoms with Gasteiger partial charge in [-0.2, -0.15) is 0 Å². The Hall–Kier alpha value is -2.56. The molecule has 1 aromatic heterocycles. The zero-order valence-corrected chi connectivity index (χ0v) is 15.8. The fraction of sp³-hybridized carbons (Fsp3) is 0.667. The lowest BCUT2D eigenvalue weighted by molar-refractivity contribution is -0.255. The van der Waals surface area contributed by atoms with E-state index in [9.17, 15) is 23.5 Å². The highest BCUT2D eigenvalue weighted by atomic mass is 19.3. The Kier molecular flexibility index (Phi) is 6.15. The number of primary amides is 1. The number of anilines is 1. The van der Waals surface area contributed by atoms with Crippen molar-refractivity contribution in [1.82, 2.24) is 9.97 Å². The van der Waals surface area contributed by atoms with Crippen molar-refractivity contribution in [3.8, 4) is 5.88 Å². The van der Waals surface area contributed by atoms with Gasteiger partial charge in [-0.15, -0.1) is 0 Å². The number of carbonyl (C=O) groups is 2. The topological polar surface area (TPSA) is 145 Å². The van der Waals surface area contributed by atoms with E-state index in [2.05, 4.69) is 9.97 Å². The van der Waals surface area contributed by atoms with E-state index in [1.165, 1.54) is 17.7 Å². The SMILES string of the molecule is O=C([O-])c1cnc(N2CC(F)(F)C2)c(OCC2CC2)n1.[NH-][C@@H](CC1CC1)C(N)=O. The van der Waals surface area contributed by atoms with Crippen LogP contribution in [0.3, 0.4) is 0 Å². The lowest BCUT2D eigenvalue weighted by Crippen LogP contribution is -2.56. The maximum atomic E-state index is 12.9. The van der Waals surface area contributed by atoms with Crippen molar-refractivity contribution in [2.45, 2.75) is 44.1 Å². The summed E-state index contributed by atoms with van der Waals surface area (Å²) in [6, 6.07) is -0.655. The van der Waals surface area contributed by atoms with Crippen LogP contribution in [0.4, 0.5) is 14.6 Å². The third-order valence-electron chi connectivity index (χ3n) is 4.84. The number of carboxylic acids is 1. The van der Waals surface area contributed by atoms with Gasteiger partial charge in [0.2, 0.25) is 0 Å². The largest absolute Gasteiger partial charge is 0.667 e. The third kappa shape index (κ3) is 6.21. The number of carboxylic acid groups (broad SMARTS) is 1. The van der Waals surface area contributed by atoms with Gasteiger partial charge in [-0.05, 0) is 24.7 Å². The first-order chi connectivity index (χ1) is 13.6. The second-order valence-electron chi connectivity index (χ2n) is 7.77. The molecule has 1 aromatic rings. The molecule has 9 nitrogen and oxygen atoms in total. The van der Waals surface area contributed by atoms with Crippen LogP contribution in [0.25, 0.3) is 5.73 Å². The molecule has 29 heavy (non-hydrogen) atoms. The van der Waals surface area contributed by atoms with Crippen molar-refractivity contribution in [3.63, 3.8) is 0 Å². The highest BCUT2D eigenvalue weighted by Crippen LogP contribution is 2.36. The summed E-state index contributed by atoms with van der Waals surface area (Å²) in [6.45, 7) is -0.541. The summed E-state index contributed by atoms with van der Waals surface area (Å²) in [6.07, 6.45) is 6.13. The van der Waals surface area contributed by atoms with Gasteiger partial charge in [-0.1, -0.05) is 25.3 Å². The van der Waals surface area contributed by atoms with Crippen molar-refractivity contribution < 1.29 is 28.2 Å². The second-order valence-corrected chi connectivity index (χ2v) is 7.77. The summed E-state index contributed by atoms with van der Waals surface area (Å²) in [4.78, 5) is 30.0. The zero-order chi connectivity index (χ0) is 21.2. The summed E-state index contributed by atoms with van der Waals surface area (Å²) in [5.41, 5.74) is 11.6. The molecule has 4 rings (SSSR count). The molecule has 3 aliphatic rings. The molecule has 1 atom stereocenters. The number of ether oxygens (including phenoxy) is 1. The molecular weight excluding hydrogens is 388 g/mol. The average molecular weight is 411 g/mol. The number of aromatic nitrogens is 2. The standard InChI is InChI=1S/C12H13F2N3O3.C6H11N2O/c13-12(14)5-17(6-12)9-10(20-4-7-1-2-7)16-8(3-15-9)11(18)19;7-5(6(8)9)3-4-1-2-4/h3,7H,1-2,4-6H2,(H,18,19);4-5,7H,1-3H2,(H2,8,9)/q;-1/p-1/t;5-/m.0/s1. The molecule has 160 valence electrons. The molecule has 3 fully saturated rings. The molecule has 1 amide bonds. The van der Waals surface area contributed by atoms with Gasteiger partial charge >= 0.3 is 0 Å². The number of hydrogen-bond acceptors (Lipinski definition) is 7. The first kappa shape index (κ1) is 21.2. The molecule has 2 aliphatic carbocycles. The Labute approximate surface area is 166 Å². The normalized spacial score (nSPS) is 20.7. The molecule has 0 unspecified atom stereocenters. The minimum Gasteiger partial charge on any atom is -0.667 e. The maximum absolute atomic E-state index is 12.9. The van der Waals surface area contributed by atoms with E-state index < -0.39 is 36.9 Å². The Morgan fingerprint density at radius 3 is 2.41 bits per heavy atom. The first-order valence-electron chi connectivity index (χ1n) is 9.49. The highest BCUT2D eigenvalue weighted by molar-refractivity contribution is 5.83. The predicted octanol–water partition coefficient (Wildman–Crippen LogP) is 0.777. The number of nitrogens with zero attached hydrogens (tertiary/aromatic N) is 3. The highest BCUT2D eigenvalue weighted by Gasteiger charge is 2.45. The number of hydrogen-bond donors (Lipinski definition) is 1. The minimum absolute atomic E-state index is 0.0194. The summed E-state index contributed by atoms with van der Waals surface area (Å²) < 4.78 is 31.2. The van der Waals surface area contributed by atoms with E-state index in [-0.39, 0.29) is 17.4 Å². The number of aromatic carboxylic acids is 1. The molecular formula is C18H23F2N5O4-2. The molecule has 0 bridgehead atoms. The lowest BCUT2D eigenvalue weighted by atomic mass is 10.1. The molecule has 0 aromatic carbocycles. The van der Waals surface area contributed by atoms with E-state index in [1.54, 1.807) is 0 Å². The van der Waals surface area contributed by atoms with E-state index in [1.807, 2.05) is 0 Å². The maximum Gasteiger partial charge on any atom is 0.282 e. The van der Waals surface area contributed by atoms with Gasteiger partial charge < -0.3 is 31.0 Å². The van der Waals surface area contributed by atoms with Crippen molar-refractivity contribution >= 4 is 17.7 Å². The monoisotopic (exact) mass is 411 g/mol. The van der Waals surface area contributed by atoms with Crippen molar-refractivity contribution in [3.05, 3.63) is 17.6 Å². The average Bonchev–Trinajstić information content (AvgIpc) is 3.53. The summed E-state index contributed by atoms with van der Waals surface area (Å²) in [5.74, 6) is -3.52. The number of amides is 1. The molecule has 3 N–H and O–H groups in total. The van der Waals surface area contributed by atoms with E-state index in [4.69, 9.17) is 16.2 Å². The molecule has 2 saturated carbocycles. The molecule has 0 radical (unpaired) electrons. The van der Waals surface area contributed by atoms with Gasteiger partial charge in [-0.3, -0.25) is 4.79 Å². The van der Waals surface area contributed by atoms with E-state index in [0.29, 0.717) is 24.9 Å². The van der Waals surface area contributed by atoms with Crippen LogP contribution >= 0.6 is 0 Å². The van der Waals surface area contributed by atoms with Crippen LogP contribution in [0.2, 0.25) is 0 Å². The fourth-order valence-corrected chi connectivity index (χ4v) is 2.72. The van der Waals surface area contributed by atoms with Crippen LogP contribution in [0.15, 0.2) is 6.20 Å². The number of nitrogens with two attached hydrogens (primary N) is 1. The Morgan fingerprint density at radius 2 is 1.93 bits per heavy atom. The Balaban J connectivity index is 0.000000224. The molecule has 1 aliphatic heterocycles. The molecule has 2 heterocycles. The summed E-state index contributed by atoms with van der Waals surface area (Å²) in [5, 5.41) is 10.8. The lowest BCUT2D eigenvalue weighted by Gasteiger charge is -2.39. The number of rotatable bonds is 8. The van der Waals surface area contributed by atoms with Gasteiger partial charge in [0.15, 0.2) is 11.7 Å². The number of halogens is 2. The second kappa shape index (κ2) is 8.44. The van der Waals surface area contributed by atoms with Crippen LogP contribution in [0.1, 0.15) is 42.6 Å². The minimum atomic E-state index is -2.75. The van der Waals surface area contributed by atoms with Crippen LogP contribution in [-0.4, -0.2) is 53.5 Å². The van der Waals surface area contributed by atoms with E-state index in [0.717, 1.165) is 19.0 Å². The van der Waals surface area contributed by atoms with Gasteiger partial charge in [0.05, 0.1) is 31.9 Å². The van der Waals surface area contributed by atoms with Crippen LogP contribution < -0.4 is 20.5 Å². The van der Waals surface area contributed by atoms with Gasteiger partial charge in [-0.25, -0.2) is 18.7 Å². The third-order valence-corrected chi connectivity index (χ3v) is 4.84. The van der Waals surface area contributed by atoms with Gasteiger partial charge in [0.25, 0.3) is 11.8 Å². The summed E-state index contributed by atoms with van der Waals surface area (Å²) >= 11 is 0. The van der Waals surface area contributed by atoms with Crippen LogP contribution in [0.5, 0.6) is 5.88 Å². The van der Waals surface area contributed by atoms with Crippen LogP contribution in [-0.2, 0) is 4.79 Å². The summed E-state index contributed by atoms with van der Waals surface area (Å²) in [7, 11) is 0. The zero-order valence-electron chi connectivity index (χ0n) is 15.8. The number of alkyl halides is 2. The van der Waals surface area contributed by atoms with Gasteiger partial charge in [0.1, 0.15) is 5.69 Å². The molecule has 11 heteroatoms. The quantitative estimate of drug-likeness (QED) is 0.665. The first-order valence-corrected chi connectivity index (χ1v) is 9.49. The van der Waals surface area contributed by atoms with Crippen molar-refractivity contribution in [2.24, 2.45) is 17.6 Å². The van der Waals surface area contributed by atoms with Crippen LogP contribution in [0, 0.1) is 11.8 Å². The van der Waals surface area contributed by atoms with Crippen molar-refractivity contribution in [2.75, 3.05) is 24.6 Å². The smallest absolute Gasteiger partial charge is 0.282 e. The number of carbonyl (C=O) groups excluding carboxylic acids is 2. The van der Waals surface area contributed by atoms with E-state index >= 15 is 0 Å². The molecule has 0 spiro atoms. The van der Waals surface area contributed by atoms with Crippen molar-refractivity contribution in [1.29, 1.82) is 0 Å². The Morgan fingerprint density at radius 1 is 1.31 bits per heavy atom. The number of nitrogens with one attached hydrogen (secondary N) is 1. The van der Waals surface area contributed by atoms with Gasteiger partial charge in [0, 0.05) is 0 Å². The molecule has 1 saturated heterocycles.